The molecule has 2 aromatic rings. The molecule has 0 bridgehead atoms. The van der Waals surface area contributed by atoms with Crippen LogP contribution in [0.1, 0.15) is 23.1 Å². The smallest absolute Gasteiger partial charge is 0.233 e. The maximum Gasteiger partial charge on any atom is 0.233 e. The van der Waals surface area contributed by atoms with Gasteiger partial charge in [0.05, 0.1) is 0 Å². The Morgan fingerprint density at radius 3 is 2.52 bits per heavy atom. The molecule has 0 aromatic heterocycles. The van der Waals surface area contributed by atoms with Gasteiger partial charge in [0.25, 0.3) is 0 Å². The van der Waals surface area contributed by atoms with Crippen molar-refractivity contribution < 1.29 is 9.59 Å². The van der Waals surface area contributed by atoms with Crippen LogP contribution in [0.25, 0.3) is 0 Å². The van der Waals surface area contributed by atoms with Gasteiger partial charge in [-0.2, -0.15) is 0 Å². The highest BCUT2D eigenvalue weighted by molar-refractivity contribution is 6.31. The lowest BCUT2D eigenvalue weighted by Crippen LogP contribution is -2.27. The summed E-state index contributed by atoms with van der Waals surface area (Å²) >= 11 is 6.00. The molecule has 0 radical (unpaired) electrons. The van der Waals surface area contributed by atoms with E-state index in [9.17, 15) is 9.59 Å². The number of amides is 2. The van der Waals surface area contributed by atoms with Gasteiger partial charge in [0.15, 0.2) is 0 Å². The van der Waals surface area contributed by atoms with Crippen molar-refractivity contribution in [2.75, 3.05) is 5.32 Å². The minimum atomic E-state index is -0.364. The van der Waals surface area contributed by atoms with Gasteiger partial charge in [0.2, 0.25) is 11.8 Å². The molecule has 0 aliphatic carbocycles. The van der Waals surface area contributed by atoms with E-state index in [1.165, 1.54) is 0 Å². The van der Waals surface area contributed by atoms with Crippen molar-refractivity contribution in [3.8, 4) is 0 Å². The van der Waals surface area contributed by atoms with Gasteiger partial charge in [-0.3, -0.25) is 9.59 Å². The summed E-state index contributed by atoms with van der Waals surface area (Å²) in [5.41, 5.74) is 3.53. The first kappa shape index (κ1) is 17.0. The third-order valence-electron chi connectivity index (χ3n) is 3.44. The third kappa shape index (κ3) is 5.11. The van der Waals surface area contributed by atoms with Gasteiger partial charge in [-0.25, -0.2) is 0 Å². The zero-order valence-electron chi connectivity index (χ0n) is 13.2. The second kappa shape index (κ2) is 7.79. The summed E-state index contributed by atoms with van der Waals surface area (Å²) in [5.74, 6) is -0.680. The predicted octanol–water partition coefficient (Wildman–Crippen LogP) is 3.60. The maximum atomic E-state index is 11.9. The molecule has 0 saturated heterocycles. The number of anilines is 1. The summed E-state index contributed by atoms with van der Waals surface area (Å²) in [6.07, 6.45) is -0.224. The Kier molecular flexibility index (Phi) is 5.77. The monoisotopic (exact) mass is 330 g/mol. The second-order valence-electron chi connectivity index (χ2n) is 5.40. The van der Waals surface area contributed by atoms with E-state index < -0.39 is 0 Å². The molecule has 2 rings (SSSR count). The number of rotatable bonds is 5. The van der Waals surface area contributed by atoms with Crippen LogP contribution in [0.2, 0.25) is 5.02 Å². The Hall–Kier alpha value is -2.33. The zero-order chi connectivity index (χ0) is 16.8. The Morgan fingerprint density at radius 2 is 1.78 bits per heavy atom. The van der Waals surface area contributed by atoms with E-state index >= 15 is 0 Å². The Bertz CT molecular complexity index is 729. The summed E-state index contributed by atoms with van der Waals surface area (Å²) in [6, 6.07) is 13.1. The predicted molar refractivity (Wildman–Crippen MR) is 92.5 cm³/mol. The molecule has 4 nitrogen and oxygen atoms in total. The minimum Gasteiger partial charge on any atom is -0.352 e. The van der Waals surface area contributed by atoms with Crippen LogP contribution in [-0.2, 0) is 16.1 Å². The third-order valence-corrected chi connectivity index (χ3v) is 3.84. The molecular weight excluding hydrogens is 312 g/mol. The molecule has 2 N–H and O–H groups in total. The summed E-state index contributed by atoms with van der Waals surface area (Å²) in [6.45, 7) is 4.21. The highest BCUT2D eigenvalue weighted by Crippen LogP contribution is 2.22. The molecule has 0 aliphatic rings. The fraction of sp³-hybridized carbons (Fsp3) is 0.222. The zero-order valence-corrected chi connectivity index (χ0v) is 13.9. The van der Waals surface area contributed by atoms with Gasteiger partial charge in [0, 0.05) is 17.3 Å². The molecule has 120 valence electrons. The van der Waals surface area contributed by atoms with E-state index in [1.54, 1.807) is 18.2 Å². The van der Waals surface area contributed by atoms with Crippen LogP contribution in [0.15, 0.2) is 42.5 Å². The van der Waals surface area contributed by atoms with E-state index in [1.807, 2.05) is 38.1 Å². The highest BCUT2D eigenvalue weighted by atomic mass is 35.5. The Morgan fingerprint density at radius 1 is 1.04 bits per heavy atom. The van der Waals surface area contributed by atoms with Crippen molar-refractivity contribution in [2.45, 2.75) is 26.8 Å². The normalized spacial score (nSPS) is 10.2. The lowest BCUT2D eigenvalue weighted by molar-refractivity contribution is -0.126. The summed E-state index contributed by atoms with van der Waals surface area (Å²) in [4.78, 5) is 23.8. The van der Waals surface area contributed by atoms with E-state index in [0.29, 0.717) is 17.3 Å². The van der Waals surface area contributed by atoms with Gasteiger partial charge >= 0.3 is 0 Å². The molecule has 0 fully saturated rings. The molecule has 0 atom stereocenters. The number of halogens is 1. The summed E-state index contributed by atoms with van der Waals surface area (Å²) < 4.78 is 0. The van der Waals surface area contributed by atoms with Gasteiger partial charge in [0.1, 0.15) is 6.42 Å². The average molecular weight is 331 g/mol. The van der Waals surface area contributed by atoms with E-state index in [0.717, 1.165) is 16.7 Å². The lowest BCUT2D eigenvalue weighted by atomic mass is 10.1. The molecule has 0 spiro atoms. The highest BCUT2D eigenvalue weighted by Gasteiger charge is 2.11. The van der Waals surface area contributed by atoms with Crippen molar-refractivity contribution in [3.63, 3.8) is 0 Å². The van der Waals surface area contributed by atoms with Crippen LogP contribution in [0.5, 0.6) is 0 Å². The van der Waals surface area contributed by atoms with Crippen molar-refractivity contribution in [1.29, 1.82) is 0 Å². The largest absolute Gasteiger partial charge is 0.352 e. The Balaban J connectivity index is 1.85. The molecular formula is C18H19ClN2O2. The lowest BCUT2D eigenvalue weighted by Gasteiger charge is -2.10. The number of benzene rings is 2. The second-order valence-corrected chi connectivity index (χ2v) is 5.81. The van der Waals surface area contributed by atoms with E-state index in [4.69, 9.17) is 11.6 Å². The fourth-order valence-corrected chi connectivity index (χ4v) is 2.34. The molecule has 5 heteroatoms. The van der Waals surface area contributed by atoms with Crippen molar-refractivity contribution in [2.24, 2.45) is 0 Å². The number of hydrogen-bond acceptors (Lipinski definition) is 2. The summed E-state index contributed by atoms with van der Waals surface area (Å²) in [5, 5.41) is 6.02. The molecule has 0 aliphatic heterocycles. The van der Waals surface area contributed by atoms with E-state index in [2.05, 4.69) is 10.6 Å². The number of carbonyl (C=O) groups is 2. The van der Waals surface area contributed by atoms with Crippen LogP contribution in [0.3, 0.4) is 0 Å². The van der Waals surface area contributed by atoms with Crippen molar-refractivity contribution in [3.05, 3.63) is 64.2 Å². The van der Waals surface area contributed by atoms with Crippen LogP contribution in [0, 0.1) is 13.8 Å². The fourth-order valence-electron chi connectivity index (χ4n) is 2.17. The number of aryl methyl sites for hydroxylation is 1. The number of nitrogens with one attached hydrogen (secondary N) is 2. The van der Waals surface area contributed by atoms with Gasteiger partial charge < -0.3 is 10.6 Å². The molecule has 23 heavy (non-hydrogen) atoms. The minimum absolute atomic E-state index is 0.224. The van der Waals surface area contributed by atoms with Crippen LogP contribution in [0.4, 0.5) is 5.69 Å². The molecule has 0 unspecified atom stereocenters. The first-order chi connectivity index (χ1) is 11.0. The Labute approximate surface area is 140 Å². The van der Waals surface area contributed by atoms with Crippen molar-refractivity contribution >= 4 is 29.1 Å². The summed E-state index contributed by atoms with van der Waals surface area (Å²) in [7, 11) is 0. The first-order valence-electron chi connectivity index (χ1n) is 7.33. The molecule has 2 aromatic carbocycles. The molecule has 2 amide bonds. The van der Waals surface area contributed by atoms with Crippen LogP contribution >= 0.6 is 11.6 Å². The van der Waals surface area contributed by atoms with Crippen LogP contribution in [-0.4, -0.2) is 11.8 Å². The van der Waals surface area contributed by atoms with Crippen LogP contribution < -0.4 is 10.6 Å². The SMILES string of the molecule is Cc1cccc(CNC(=O)CC(=O)Nc2cccc(Cl)c2C)c1. The topological polar surface area (TPSA) is 58.2 Å². The van der Waals surface area contributed by atoms with Crippen molar-refractivity contribution in [1.82, 2.24) is 5.32 Å². The standard InChI is InChI=1S/C18H19ClN2O2/c1-12-5-3-6-14(9-12)11-20-17(22)10-18(23)21-16-8-4-7-15(19)13(16)2/h3-9H,10-11H2,1-2H3,(H,20,22)(H,21,23). The number of carbonyl (C=O) groups excluding carboxylic acids is 2. The van der Waals surface area contributed by atoms with Gasteiger partial charge in [-0.05, 0) is 37.1 Å². The molecule has 0 saturated carbocycles. The average Bonchev–Trinajstić information content (AvgIpc) is 2.50. The van der Waals surface area contributed by atoms with E-state index in [-0.39, 0.29) is 18.2 Å². The quantitative estimate of drug-likeness (QED) is 0.823. The first-order valence-corrected chi connectivity index (χ1v) is 7.70. The van der Waals surface area contributed by atoms with Gasteiger partial charge in [-0.1, -0.05) is 47.5 Å². The number of hydrogen-bond donors (Lipinski definition) is 2. The molecule has 0 heterocycles. The van der Waals surface area contributed by atoms with Gasteiger partial charge in [-0.15, -0.1) is 0 Å². The maximum absolute atomic E-state index is 11.9.